The van der Waals surface area contributed by atoms with E-state index in [2.05, 4.69) is 37.8 Å². The van der Waals surface area contributed by atoms with Crippen molar-refractivity contribution in [3.63, 3.8) is 0 Å². The number of halogens is 4. The Balaban J connectivity index is -0.0000000450. The molecule has 0 fully saturated rings. The van der Waals surface area contributed by atoms with Crippen LogP contribution >= 0.6 is 37.8 Å². The molecule has 0 aromatic carbocycles. The van der Waals surface area contributed by atoms with Crippen LogP contribution in [-0.4, -0.2) is 13.5 Å². The number of quaternary nitrogens is 1. The van der Waals surface area contributed by atoms with E-state index in [1.165, 1.54) is 0 Å². The van der Waals surface area contributed by atoms with Crippen LogP contribution < -0.4 is 23.1 Å². The second-order valence-electron chi connectivity index (χ2n) is 0.192. The largest absolute Gasteiger partial charge is 0.369 e. The van der Waals surface area contributed by atoms with Crippen LogP contribution in [0, 0.1) is 0 Å². The van der Waals surface area contributed by atoms with Crippen molar-refractivity contribution in [3.05, 3.63) is 0 Å². The van der Waals surface area contributed by atoms with Gasteiger partial charge in [-0.25, -0.2) is 0 Å². The first kappa shape index (κ1) is 15.9. The van der Waals surface area contributed by atoms with Gasteiger partial charge in [0.1, 0.15) is 0 Å². The van der Waals surface area contributed by atoms with Crippen molar-refractivity contribution in [2.24, 2.45) is 0 Å². The third-order valence-corrected chi connectivity index (χ3v) is 0. The first-order valence-corrected chi connectivity index (χ1v) is 17.7. The zero-order valence-corrected chi connectivity index (χ0v) is 11.9. The quantitative estimate of drug-likeness (QED) is 0.476. The Morgan fingerprint density at radius 2 is 1.00 bits per heavy atom. The van der Waals surface area contributed by atoms with E-state index in [9.17, 15) is 0 Å². The normalized spacial score (nSPS) is 6.00. The van der Waals surface area contributed by atoms with Crippen LogP contribution in [-0.2, 0) is 0 Å². The molecule has 42 valence electrons. The van der Waals surface area contributed by atoms with Crippen LogP contribution in [0.25, 0.3) is 0 Å². The fourth-order valence-electron chi connectivity index (χ4n) is 0. The van der Waals surface area contributed by atoms with Gasteiger partial charge in [-0.05, 0) is 0 Å². The van der Waals surface area contributed by atoms with Gasteiger partial charge >= 0.3 is 51.2 Å². The van der Waals surface area contributed by atoms with Crippen molar-refractivity contribution in [1.82, 2.24) is 6.15 Å². The molecule has 0 radical (unpaired) electrons. The van der Waals surface area contributed by atoms with E-state index in [0.29, 0.717) is 0 Å². The van der Waals surface area contributed by atoms with Crippen LogP contribution in [0.2, 0.25) is 0 Å². The molecule has 0 saturated carbocycles. The molecule has 0 saturated heterocycles. The summed E-state index contributed by atoms with van der Waals surface area (Å²) in [7, 11) is 0. The summed E-state index contributed by atoms with van der Waals surface area (Å²) in [6.45, 7) is 0. The van der Waals surface area contributed by atoms with Crippen LogP contribution in [0.1, 0.15) is 0 Å². The summed E-state index contributed by atoms with van der Waals surface area (Å²) in [6, 6.07) is 0. The third-order valence-electron chi connectivity index (χ3n) is 0. The molecule has 0 aliphatic heterocycles. The van der Waals surface area contributed by atoms with Gasteiger partial charge in [-0.15, -0.1) is 0 Å². The van der Waals surface area contributed by atoms with Crippen molar-refractivity contribution in [3.8, 4) is 0 Å². The third kappa shape index (κ3) is 29.9. The molecule has 0 aromatic rings. The summed E-state index contributed by atoms with van der Waals surface area (Å²) in [5.74, 6) is 0. The number of hydrogen-bond donors (Lipinski definition) is 1. The average molecular weight is 459 g/mol. The Morgan fingerprint density at radius 1 is 1.00 bits per heavy atom. The van der Waals surface area contributed by atoms with Crippen molar-refractivity contribution < 1.29 is 17.0 Å². The van der Waals surface area contributed by atoms with Gasteiger partial charge in [0.25, 0.3) is 0 Å². The van der Waals surface area contributed by atoms with E-state index in [-0.39, 0.29) is 23.1 Å². The van der Waals surface area contributed by atoms with E-state index in [4.69, 9.17) is 0 Å². The van der Waals surface area contributed by atoms with Crippen LogP contribution in [0.3, 0.4) is 0 Å². The summed E-state index contributed by atoms with van der Waals surface area (Å²) in [4.78, 5) is 0. The minimum Gasteiger partial charge on any atom is -0.369 e. The Kier molecular flexibility index (Phi) is 28.1. The summed E-state index contributed by atoms with van der Waals surface area (Å²) in [5.41, 5.74) is 0. The van der Waals surface area contributed by atoms with Gasteiger partial charge in [0.2, 0.25) is 0 Å². The molecule has 0 unspecified atom stereocenters. The maximum atomic E-state index is 3.29. The Labute approximate surface area is 73.0 Å². The molecule has 0 atom stereocenters. The van der Waals surface area contributed by atoms with Gasteiger partial charge in [0.05, 0.1) is 0 Å². The van der Waals surface area contributed by atoms with Gasteiger partial charge < -0.3 is 23.1 Å². The summed E-state index contributed by atoms with van der Waals surface area (Å²) < 4.78 is 0. The molecule has 0 bridgehead atoms. The molecule has 1 nitrogen and oxygen atoms in total. The molecule has 6 heteroatoms. The van der Waals surface area contributed by atoms with Crippen LogP contribution in [0.5, 0.6) is 0 Å². The average Bonchev–Trinajstić information content (AvgIpc) is 0.811. The Hall–Kier alpha value is 2.70. The molecule has 0 aromatic heterocycles. The van der Waals surface area contributed by atoms with Gasteiger partial charge in [0.15, 0.2) is 0 Å². The topological polar surface area (TPSA) is 36.5 Å². The molecular formula is H4Br4NSb. The minimum atomic E-state index is -1.01. The molecule has 0 amide bonds. The van der Waals surface area contributed by atoms with Crippen LogP contribution in [0.15, 0.2) is 0 Å². The van der Waals surface area contributed by atoms with Crippen molar-refractivity contribution in [1.29, 1.82) is 0 Å². The minimum absolute atomic E-state index is 0. The molecular weight excluding hydrogens is 455 g/mol. The smallest absolute Gasteiger partial charge is 0.369 e. The van der Waals surface area contributed by atoms with Gasteiger partial charge in [-0.2, -0.15) is 0 Å². The number of hydrogen-bond acceptors (Lipinski definition) is 0. The molecule has 0 aliphatic carbocycles. The standard InChI is InChI=1S/4BrH.H3N.Sb/h4*1H;1H3;/q;;;;;+3/p-3. The second-order valence-corrected chi connectivity index (χ2v) is 34.7. The predicted octanol–water partition coefficient (Wildman–Crippen LogP) is -0.464. The molecule has 6 heavy (non-hydrogen) atoms. The van der Waals surface area contributed by atoms with Crippen molar-refractivity contribution in [2.75, 3.05) is 0 Å². The maximum absolute atomic E-state index is 3.29. The fraction of sp³-hybridized carbons (Fsp3) is 0. The van der Waals surface area contributed by atoms with Crippen molar-refractivity contribution >= 4 is 51.2 Å². The molecule has 0 spiro atoms. The van der Waals surface area contributed by atoms with E-state index < -0.39 is 13.5 Å². The van der Waals surface area contributed by atoms with Gasteiger partial charge in [0, 0.05) is 0 Å². The second kappa shape index (κ2) is 10.6. The van der Waals surface area contributed by atoms with E-state index in [1.807, 2.05) is 0 Å². The SMILES string of the molecule is [Br-].[Br][Sb]([Br])[Br].[NH4+]. The first-order valence-electron chi connectivity index (χ1n) is 0.507. The zero-order chi connectivity index (χ0) is 3.58. The zero-order valence-electron chi connectivity index (χ0n) is 2.96. The van der Waals surface area contributed by atoms with E-state index >= 15 is 0 Å². The van der Waals surface area contributed by atoms with Crippen molar-refractivity contribution in [2.45, 2.75) is 0 Å². The molecule has 4 N–H and O–H groups in total. The number of rotatable bonds is 0. The van der Waals surface area contributed by atoms with E-state index in [0.717, 1.165) is 0 Å². The molecule has 0 rings (SSSR count). The monoisotopic (exact) mass is 455 g/mol. The van der Waals surface area contributed by atoms with Crippen LogP contribution in [0.4, 0.5) is 0 Å². The Bertz CT molecular complexity index is 12.3. The summed E-state index contributed by atoms with van der Waals surface area (Å²) in [5, 5.41) is 0. The fourth-order valence-corrected chi connectivity index (χ4v) is 0. The first-order chi connectivity index (χ1) is 1.73. The maximum Gasteiger partial charge on any atom is -0.369 e. The Morgan fingerprint density at radius 3 is 1.00 bits per heavy atom. The predicted molar refractivity (Wildman–Crippen MR) is 38.5 cm³/mol. The summed E-state index contributed by atoms with van der Waals surface area (Å²) >= 11 is 8.85. The molecule has 0 heterocycles. The van der Waals surface area contributed by atoms with E-state index in [1.54, 1.807) is 0 Å². The molecule has 0 aliphatic rings. The van der Waals surface area contributed by atoms with Gasteiger partial charge in [-0.1, -0.05) is 0 Å². The summed E-state index contributed by atoms with van der Waals surface area (Å²) in [6.07, 6.45) is 0. The van der Waals surface area contributed by atoms with Gasteiger partial charge in [-0.3, -0.25) is 0 Å².